The largest absolute Gasteiger partial charge is 0.462 e. The van der Waals surface area contributed by atoms with Gasteiger partial charge in [-0.2, -0.15) is 8.78 Å². The fourth-order valence-corrected chi connectivity index (χ4v) is 2.22. The van der Waals surface area contributed by atoms with Crippen molar-refractivity contribution in [2.24, 2.45) is 0 Å². The zero-order valence-electron chi connectivity index (χ0n) is 12.8. The molecule has 1 aliphatic rings. The van der Waals surface area contributed by atoms with Gasteiger partial charge in [-0.1, -0.05) is 0 Å². The van der Waals surface area contributed by atoms with Gasteiger partial charge in [0.2, 0.25) is 17.4 Å². The van der Waals surface area contributed by atoms with Crippen LogP contribution in [-0.2, 0) is 9.53 Å². The number of hydrogen-bond donors (Lipinski definition) is 0. The first kappa shape index (κ1) is 18.0. The Morgan fingerprint density at radius 3 is 2.21 bits per heavy atom. The van der Waals surface area contributed by atoms with Crippen LogP contribution in [0, 0.1) is 23.3 Å². The lowest BCUT2D eigenvalue weighted by atomic mass is 10.1. The fourth-order valence-electron chi connectivity index (χ4n) is 2.22. The number of ether oxygens (including phenoxy) is 2. The Bertz CT molecular complexity index is 684. The Morgan fingerprint density at radius 2 is 1.62 bits per heavy atom. The van der Waals surface area contributed by atoms with Gasteiger partial charge in [-0.05, 0) is 19.8 Å². The summed E-state index contributed by atoms with van der Waals surface area (Å²) >= 11 is 0. The summed E-state index contributed by atoms with van der Waals surface area (Å²) in [7, 11) is 0. The Morgan fingerprint density at radius 1 is 1.04 bits per heavy atom. The van der Waals surface area contributed by atoms with Crippen molar-refractivity contribution in [3.8, 4) is 5.75 Å². The van der Waals surface area contributed by atoms with Crippen LogP contribution in [0.25, 0.3) is 0 Å². The fraction of sp³-hybridized carbons (Fsp3) is 0.375. The number of carbonyl (C=O) groups is 2. The first-order valence-electron chi connectivity index (χ1n) is 7.31. The second-order valence-corrected chi connectivity index (χ2v) is 5.07. The number of benzene rings is 1. The maximum atomic E-state index is 14.0. The summed E-state index contributed by atoms with van der Waals surface area (Å²) in [6, 6.07) is 0. The SMILES string of the molecule is CCOC(=O)c1c(F)c(F)c(OC2=CC(=O)CCCC2)c(F)c1F. The van der Waals surface area contributed by atoms with Gasteiger partial charge in [-0.3, -0.25) is 4.79 Å². The Kier molecular flexibility index (Phi) is 5.58. The molecule has 0 unspecified atom stereocenters. The predicted molar refractivity (Wildman–Crippen MR) is 74.4 cm³/mol. The van der Waals surface area contributed by atoms with E-state index in [4.69, 9.17) is 4.74 Å². The highest BCUT2D eigenvalue weighted by molar-refractivity contribution is 5.91. The zero-order valence-corrected chi connectivity index (χ0v) is 12.8. The normalized spacial score (nSPS) is 14.9. The van der Waals surface area contributed by atoms with Crippen molar-refractivity contribution in [1.82, 2.24) is 0 Å². The van der Waals surface area contributed by atoms with E-state index in [2.05, 4.69) is 4.74 Å². The third-order valence-electron chi connectivity index (χ3n) is 3.35. The van der Waals surface area contributed by atoms with Crippen molar-refractivity contribution in [3.63, 3.8) is 0 Å². The number of halogens is 4. The summed E-state index contributed by atoms with van der Waals surface area (Å²) in [6.45, 7) is 1.14. The zero-order chi connectivity index (χ0) is 17.9. The molecule has 0 amide bonds. The van der Waals surface area contributed by atoms with E-state index in [1.165, 1.54) is 6.92 Å². The van der Waals surface area contributed by atoms with E-state index in [0.29, 0.717) is 12.8 Å². The maximum absolute atomic E-state index is 14.0. The molecule has 0 spiro atoms. The van der Waals surface area contributed by atoms with E-state index in [1.54, 1.807) is 0 Å². The lowest BCUT2D eigenvalue weighted by Gasteiger charge is -2.13. The smallest absolute Gasteiger partial charge is 0.344 e. The molecule has 0 saturated heterocycles. The number of esters is 1. The standard InChI is InChI=1S/C16H14F4O4/c1-2-23-16(22)10-11(17)13(19)15(14(20)12(10)18)24-9-6-4-3-5-8(21)7-9/h7H,2-6H2,1H3. The second-order valence-electron chi connectivity index (χ2n) is 5.07. The number of carbonyl (C=O) groups excluding carboxylic acids is 2. The molecule has 8 heteroatoms. The minimum Gasteiger partial charge on any atom is -0.462 e. The first-order chi connectivity index (χ1) is 11.4. The summed E-state index contributed by atoms with van der Waals surface area (Å²) in [5.41, 5.74) is -1.47. The monoisotopic (exact) mass is 346 g/mol. The van der Waals surface area contributed by atoms with E-state index in [1.807, 2.05) is 0 Å². The molecule has 0 saturated carbocycles. The van der Waals surface area contributed by atoms with E-state index < -0.39 is 40.6 Å². The summed E-state index contributed by atoms with van der Waals surface area (Å²) in [6.07, 6.45) is 2.57. The highest BCUT2D eigenvalue weighted by Gasteiger charge is 2.32. The molecule has 0 atom stereocenters. The van der Waals surface area contributed by atoms with Crippen LogP contribution in [0.2, 0.25) is 0 Å². The Labute approximate surface area is 135 Å². The topological polar surface area (TPSA) is 52.6 Å². The molecule has 0 aromatic heterocycles. The van der Waals surface area contributed by atoms with Crippen LogP contribution in [0.5, 0.6) is 5.75 Å². The molecule has 1 aromatic rings. The van der Waals surface area contributed by atoms with E-state index >= 15 is 0 Å². The summed E-state index contributed by atoms with van der Waals surface area (Å²) < 4.78 is 65.2. The van der Waals surface area contributed by atoms with Crippen LogP contribution in [0.15, 0.2) is 11.8 Å². The van der Waals surface area contributed by atoms with Gasteiger partial charge in [0.15, 0.2) is 17.4 Å². The van der Waals surface area contributed by atoms with Crippen LogP contribution in [0.1, 0.15) is 43.0 Å². The Hall–Kier alpha value is -2.38. The average Bonchev–Trinajstić information content (AvgIpc) is 2.74. The van der Waals surface area contributed by atoms with Gasteiger partial charge < -0.3 is 9.47 Å². The van der Waals surface area contributed by atoms with Crippen molar-refractivity contribution in [3.05, 3.63) is 40.7 Å². The quantitative estimate of drug-likeness (QED) is 0.472. The van der Waals surface area contributed by atoms with E-state index in [-0.39, 0.29) is 31.0 Å². The van der Waals surface area contributed by atoms with Crippen molar-refractivity contribution < 1.29 is 36.6 Å². The molecule has 1 aromatic carbocycles. The van der Waals surface area contributed by atoms with Gasteiger partial charge in [0, 0.05) is 18.9 Å². The number of ketones is 1. The van der Waals surface area contributed by atoms with Crippen molar-refractivity contribution >= 4 is 11.8 Å². The molecule has 0 fully saturated rings. The van der Waals surface area contributed by atoms with Crippen LogP contribution >= 0.6 is 0 Å². The first-order valence-corrected chi connectivity index (χ1v) is 7.31. The molecule has 1 aliphatic carbocycles. The minimum absolute atomic E-state index is 0.0991. The molecular formula is C16H14F4O4. The molecule has 24 heavy (non-hydrogen) atoms. The average molecular weight is 346 g/mol. The number of hydrogen-bond acceptors (Lipinski definition) is 4. The lowest BCUT2D eigenvalue weighted by Crippen LogP contribution is -2.15. The molecular weight excluding hydrogens is 332 g/mol. The van der Waals surface area contributed by atoms with Crippen molar-refractivity contribution in [1.29, 1.82) is 0 Å². The second kappa shape index (κ2) is 7.46. The molecule has 0 radical (unpaired) electrons. The molecule has 2 rings (SSSR count). The number of rotatable bonds is 4. The van der Waals surface area contributed by atoms with Crippen molar-refractivity contribution in [2.45, 2.75) is 32.6 Å². The third-order valence-corrected chi connectivity index (χ3v) is 3.35. The van der Waals surface area contributed by atoms with Crippen LogP contribution in [0.3, 0.4) is 0 Å². The van der Waals surface area contributed by atoms with Gasteiger partial charge in [0.1, 0.15) is 11.3 Å². The van der Waals surface area contributed by atoms with Gasteiger partial charge in [-0.25, -0.2) is 13.6 Å². The third kappa shape index (κ3) is 3.58. The molecule has 0 aliphatic heterocycles. The molecule has 0 N–H and O–H groups in total. The lowest BCUT2D eigenvalue weighted by molar-refractivity contribution is -0.114. The number of allylic oxidation sites excluding steroid dienone is 2. The Balaban J connectivity index is 2.45. The molecule has 130 valence electrons. The highest BCUT2D eigenvalue weighted by atomic mass is 19.2. The van der Waals surface area contributed by atoms with Gasteiger partial charge in [-0.15, -0.1) is 0 Å². The highest BCUT2D eigenvalue weighted by Crippen LogP contribution is 2.32. The van der Waals surface area contributed by atoms with E-state index in [9.17, 15) is 27.2 Å². The minimum atomic E-state index is -1.91. The van der Waals surface area contributed by atoms with Crippen molar-refractivity contribution in [2.75, 3.05) is 6.61 Å². The van der Waals surface area contributed by atoms with Crippen LogP contribution in [0.4, 0.5) is 17.6 Å². The molecule has 4 nitrogen and oxygen atoms in total. The summed E-state index contributed by atoms with van der Waals surface area (Å²) in [5, 5.41) is 0. The van der Waals surface area contributed by atoms with E-state index in [0.717, 1.165) is 6.08 Å². The van der Waals surface area contributed by atoms with Gasteiger partial charge in [0.25, 0.3) is 0 Å². The van der Waals surface area contributed by atoms with Crippen LogP contribution < -0.4 is 4.74 Å². The molecule has 0 bridgehead atoms. The summed E-state index contributed by atoms with van der Waals surface area (Å²) in [5.74, 6) is -10.8. The predicted octanol–water partition coefficient (Wildman–Crippen LogP) is 3.83. The molecule has 0 heterocycles. The van der Waals surface area contributed by atoms with Gasteiger partial charge in [0.05, 0.1) is 6.61 Å². The van der Waals surface area contributed by atoms with Gasteiger partial charge >= 0.3 is 5.97 Å². The van der Waals surface area contributed by atoms with Crippen LogP contribution in [-0.4, -0.2) is 18.4 Å². The maximum Gasteiger partial charge on any atom is 0.344 e. The summed E-state index contributed by atoms with van der Waals surface area (Å²) in [4.78, 5) is 22.9.